The number of thiophene rings is 1. The zero-order chi connectivity index (χ0) is 21.8. The Kier molecular flexibility index (Phi) is 6.49. The highest BCUT2D eigenvalue weighted by atomic mass is 35.5. The summed E-state index contributed by atoms with van der Waals surface area (Å²) in [5.41, 5.74) is 1.68. The number of esters is 1. The Morgan fingerprint density at radius 3 is 2.50 bits per heavy atom. The number of nitrogens with zero attached hydrogens (tertiary/aromatic N) is 1. The molecule has 1 N–H and O–H groups in total. The van der Waals surface area contributed by atoms with Crippen molar-refractivity contribution < 1.29 is 19.2 Å². The predicted molar refractivity (Wildman–Crippen MR) is 117 cm³/mol. The summed E-state index contributed by atoms with van der Waals surface area (Å²) in [6.07, 6.45) is 0. The smallest absolute Gasteiger partial charge is 0.341 e. The zero-order valence-corrected chi connectivity index (χ0v) is 17.7. The number of carbonyl (C=O) groups is 2. The van der Waals surface area contributed by atoms with Gasteiger partial charge in [-0.2, -0.15) is 0 Å². The molecule has 0 aliphatic rings. The second-order valence-corrected chi connectivity index (χ2v) is 7.89. The fourth-order valence-electron chi connectivity index (χ4n) is 2.93. The average molecular weight is 445 g/mol. The molecule has 154 valence electrons. The van der Waals surface area contributed by atoms with Gasteiger partial charge in [-0.15, -0.1) is 11.3 Å². The van der Waals surface area contributed by atoms with E-state index in [4.69, 9.17) is 16.3 Å². The number of rotatable bonds is 6. The molecular formula is C21H17ClN2O5S. The Hall–Kier alpha value is -3.23. The minimum absolute atomic E-state index is 0.0567. The van der Waals surface area contributed by atoms with Crippen LogP contribution in [0.5, 0.6) is 0 Å². The number of nitro groups is 1. The number of amides is 1. The fraction of sp³-hybridized carbons (Fsp3) is 0.143. The van der Waals surface area contributed by atoms with Crippen LogP contribution in [0, 0.1) is 17.0 Å². The molecule has 3 rings (SSSR count). The van der Waals surface area contributed by atoms with E-state index in [9.17, 15) is 19.7 Å². The summed E-state index contributed by atoms with van der Waals surface area (Å²) in [5, 5.41) is 14.5. The van der Waals surface area contributed by atoms with Crippen LogP contribution in [-0.4, -0.2) is 23.4 Å². The molecular weight excluding hydrogens is 428 g/mol. The number of aryl methyl sites for hydroxylation is 1. The van der Waals surface area contributed by atoms with Gasteiger partial charge in [0, 0.05) is 33.2 Å². The third-order valence-corrected chi connectivity index (χ3v) is 5.50. The number of non-ortho nitro benzene ring substituents is 1. The third kappa shape index (κ3) is 4.50. The van der Waals surface area contributed by atoms with Gasteiger partial charge in [-0.25, -0.2) is 4.79 Å². The standard InChI is InChI=1S/C21H17ClN2O5S/c1-3-29-21(26)18-17(13-7-9-16(10-8-13)24(27)28)12(2)30-20(18)23-19(25)14-5-4-6-15(22)11-14/h4-11H,3H2,1-2H3,(H,23,25). The summed E-state index contributed by atoms with van der Waals surface area (Å²) < 4.78 is 5.20. The molecule has 0 saturated heterocycles. The molecule has 0 radical (unpaired) electrons. The van der Waals surface area contributed by atoms with Gasteiger partial charge in [0.05, 0.1) is 11.5 Å². The van der Waals surface area contributed by atoms with E-state index in [1.165, 1.54) is 29.5 Å². The van der Waals surface area contributed by atoms with Gasteiger partial charge in [0.15, 0.2) is 0 Å². The van der Waals surface area contributed by atoms with Gasteiger partial charge in [-0.3, -0.25) is 14.9 Å². The van der Waals surface area contributed by atoms with E-state index < -0.39 is 16.8 Å². The number of anilines is 1. The Balaban J connectivity index is 2.05. The van der Waals surface area contributed by atoms with Gasteiger partial charge in [-0.1, -0.05) is 17.7 Å². The van der Waals surface area contributed by atoms with Crippen molar-refractivity contribution >= 4 is 45.5 Å². The molecule has 1 aromatic heterocycles. The van der Waals surface area contributed by atoms with Crippen LogP contribution in [-0.2, 0) is 4.74 Å². The van der Waals surface area contributed by atoms with Gasteiger partial charge in [-0.05, 0) is 49.7 Å². The fourth-order valence-corrected chi connectivity index (χ4v) is 4.18. The monoisotopic (exact) mass is 444 g/mol. The Labute approximate surface area is 181 Å². The summed E-state index contributed by atoms with van der Waals surface area (Å²) in [7, 11) is 0. The molecule has 0 atom stereocenters. The largest absolute Gasteiger partial charge is 0.462 e. The number of nitro benzene ring substituents is 1. The first kappa shape index (κ1) is 21.5. The van der Waals surface area contributed by atoms with E-state index in [1.807, 2.05) is 0 Å². The lowest BCUT2D eigenvalue weighted by molar-refractivity contribution is -0.384. The topological polar surface area (TPSA) is 98.5 Å². The molecule has 1 amide bonds. The second-order valence-electron chi connectivity index (χ2n) is 6.23. The number of carbonyl (C=O) groups excluding carboxylic acids is 2. The highest BCUT2D eigenvalue weighted by Gasteiger charge is 2.26. The van der Waals surface area contributed by atoms with Crippen molar-refractivity contribution in [2.24, 2.45) is 0 Å². The quantitative estimate of drug-likeness (QED) is 0.298. The first-order chi connectivity index (χ1) is 14.3. The maximum atomic E-state index is 12.7. The number of nitrogens with one attached hydrogen (secondary N) is 1. The van der Waals surface area contributed by atoms with Crippen LogP contribution in [0.1, 0.15) is 32.5 Å². The van der Waals surface area contributed by atoms with Crippen LogP contribution in [0.25, 0.3) is 11.1 Å². The van der Waals surface area contributed by atoms with Gasteiger partial charge < -0.3 is 10.1 Å². The number of hydrogen-bond donors (Lipinski definition) is 1. The molecule has 7 nitrogen and oxygen atoms in total. The summed E-state index contributed by atoms with van der Waals surface area (Å²) in [6, 6.07) is 12.3. The first-order valence-corrected chi connectivity index (χ1v) is 10.1. The lowest BCUT2D eigenvalue weighted by Crippen LogP contribution is -2.14. The molecule has 0 saturated carbocycles. The average Bonchev–Trinajstić information content (AvgIpc) is 3.03. The SMILES string of the molecule is CCOC(=O)c1c(NC(=O)c2cccc(Cl)c2)sc(C)c1-c1ccc([N+](=O)[O-])cc1. The third-order valence-electron chi connectivity index (χ3n) is 4.24. The van der Waals surface area contributed by atoms with Crippen LogP contribution in [0.2, 0.25) is 5.02 Å². The van der Waals surface area contributed by atoms with Gasteiger partial charge in [0.2, 0.25) is 0 Å². The lowest BCUT2D eigenvalue weighted by atomic mass is 10.0. The van der Waals surface area contributed by atoms with Crippen molar-refractivity contribution in [1.82, 2.24) is 0 Å². The van der Waals surface area contributed by atoms with E-state index in [0.717, 1.165) is 4.88 Å². The van der Waals surface area contributed by atoms with Crippen molar-refractivity contribution in [3.8, 4) is 11.1 Å². The molecule has 9 heteroatoms. The van der Waals surface area contributed by atoms with Crippen LogP contribution in [0.4, 0.5) is 10.7 Å². The van der Waals surface area contributed by atoms with Crippen molar-refractivity contribution in [1.29, 1.82) is 0 Å². The first-order valence-electron chi connectivity index (χ1n) is 8.94. The summed E-state index contributed by atoms with van der Waals surface area (Å²) >= 11 is 7.19. The molecule has 0 spiro atoms. The van der Waals surface area contributed by atoms with Crippen LogP contribution < -0.4 is 5.32 Å². The number of halogens is 1. The van der Waals surface area contributed by atoms with Crippen molar-refractivity contribution in [2.45, 2.75) is 13.8 Å². The molecule has 2 aromatic carbocycles. The summed E-state index contributed by atoms with van der Waals surface area (Å²) in [6.45, 7) is 3.65. The molecule has 0 aliphatic carbocycles. The predicted octanol–water partition coefficient (Wildman–Crippen LogP) is 5.71. The minimum atomic E-state index is -0.586. The zero-order valence-electron chi connectivity index (χ0n) is 16.1. The maximum absolute atomic E-state index is 12.7. The Morgan fingerprint density at radius 2 is 1.90 bits per heavy atom. The van der Waals surface area contributed by atoms with E-state index in [1.54, 1.807) is 44.2 Å². The second kappa shape index (κ2) is 9.06. The number of hydrogen-bond acceptors (Lipinski definition) is 6. The molecule has 30 heavy (non-hydrogen) atoms. The molecule has 1 heterocycles. The highest BCUT2D eigenvalue weighted by Crippen LogP contribution is 2.41. The minimum Gasteiger partial charge on any atom is -0.462 e. The molecule has 3 aromatic rings. The number of benzene rings is 2. The maximum Gasteiger partial charge on any atom is 0.341 e. The van der Waals surface area contributed by atoms with Crippen LogP contribution >= 0.6 is 22.9 Å². The van der Waals surface area contributed by atoms with Crippen LogP contribution in [0.3, 0.4) is 0 Å². The van der Waals surface area contributed by atoms with Gasteiger partial charge >= 0.3 is 5.97 Å². The molecule has 0 fully saturated rings. The van der Waals surface area contributed by atoms with Gasteiger partial charge in [0.1, 0.15) is 10.6 Å². The summed E-state index contributed by atoms with van der Waals surface area (Å²) in [4.78, 5) is 36.6. The molecule has 0 aliphatic heterocycles. The van der Waals surface area contributed by atoms with E-state index in [0.29, 0.717) is 26.7 Å². The van der Waals surface area contributed by atoms with Crippen molar-refractivity contribution in [3.05, 3.63) is 79.7 Å². The lowest BCUT2D eigenvalue weighted by Gasteiger charge is -2.09. The normalized spacial score (nSPS) is 10.5. The van der Waals surface area contributed by atoms with Gasteiger partial charge in [0.25, 0.3) is 11.6 Å². The van der Waals surface area contributed by atoms with Crippen molar-refractivity contribution in [2.75, 3.05) is 11.9 Å². The van der Waals surface area contributed by atoms with E-state index >= 15 is 0 Å². The van der Waals surface area contributed by atoms with Crippen molar-refractivity contribution in [3.63, 3.8) is 0 Å². The van der Waals surface area contributed by atoms with Crippen LogP contribution in [0.15, 0.2) is 48.5 Å². The molecule has 0 bridgehead atoms. The molecule has 0 unspecified atom stereocenters. The summed E-state index contributed by atoms with van der Waals surface area (Å²) in [5.74, 6) is -1.00. The Morgan fingerprint density at radius 1 is 1.20 bits per heavy atom. The van der Waals surface area contributed by atoms with E-state index in [2.05, 4.69) is 5.32 Å². The highest BCUT2D eigenvalue weighted by molar-refractivity contribution is 7.17. The Bertz CT molecular complexity index is 1120. The number of ether oxygens (including phenoxy) is 1. The van der Waals surface area contributed by atoms with E-state index in [-0.39, 0.29) is 17.9 Å².